The monoisotopic (exact) mass is 607 g/mol. The largest absolute Gasteiger partial charge is 0.354 e. The van der Waals surface area contributed by atoms with E-state index >= 15 is 0 Å². The number of amides is 2. The molecule has 0 aliphatic carbocycles. The highest BCUT2D eigenvalue weighted by Crippen LogP contribution is 2.28. The van der Waals surface area contributed by atoms with E-state index in [9.17, 15) is 22.4 Å². The van der Waals surface area contributed by atoms with Crippen LogP contribution in [0.4, 0.5) is 10.1 Å². The van der Waals surface area contributed by atoms with Gasteiger partial charge in [-0.1, -0.05) is 80.4 Å². The second-order valence-electron chi connectivity index (χ2n) is 9.60. The predicted molar refractivity (Wildman–Crippen MR) is 156 cm³/mol. The standard InChI is InChI=1S/C29H32Cl2FN3O4S/c1-4-26(29(37)33-17-20(2)3)34(18-21-14-15-22(30)16-24(21)31)28(36)19-35(27-13-9-8-12-25(27)32)40(38,39)23-10-6-5-7-11-23/h5-16,20,26H,4,17-19H2,1-3H3,(H,33,37). The maximum atomic E-state index is 15.0. The third kappa shape index (κ3) is 7.74. The molecule has 214 valence electrons. The number of para-hydroxylation sites is 1. The van der Waals surface area contributed by atoms with Gasteiger partial charge in [-0.25, -0.2) is 12.8 Å². The molecule has 0 saturated heterocycles. The van der Waals surface area contributed by atoms with Crippen molar-refractivity contribution in [3.8, 4) is 0 Å². The number of sulfonamides is 1. The molecule has 3 rings (SSSR count). The zero-order valence-corrected chi connectivity index (χ0v) is 24.8. The number of benzene rings is 3. The fourth-order valence-electron chi connectivity index (χ4n) is 4.06. The van der Waals surface area contributed by atoms with Crippen molar-refractivity contribution < 1.29 is 22.4 Å². The minimum atomic E-state index is -4.36. The van der Waals surface area contributed by atoms with Gasteiger partial charge in [-0.3, -0.25) is 13.9 Å². The third-order valence-electron chi connectivity index (χ3n) is 6.16. The topological polar surface area (TPSA) is 86.8 Å². The zero-order valence-electron chi connectivity index (χ0n) is 22.5. The number of nitrogens with one attached hydrogen (secondary N) is 1. The van der Waals surface area contributed by atoms with Gasteiger partial charge in [0.25, 0.3) is 10.0 Å². The van der Waals surface area contributed by atoms with Gasteiger partial charge in [-0.15, -0.1) is 0 Å². The average molecular weight is 609 g/mol. The van der Waals surface area contributed by atoms with E-state index in [4.69, 9.17) is 23.2 Å². The number of hydrogen-bond acceptors (Lipinski definition) is 4. The van der Waals surface area contributed by atoms with Gasteiger partial charge in [-0.2, -0.15) is 0 Å². The third-order valence-corrected chi connectivity index (χ3v) is 8.52. The number of halogens is 3. The molecule has 0 aliphatic rings. The van der Waals surface area contributed by atoms with Gasteiger partial charge in [0.05, 0.1) is 10.6 Å². The number of nitrogens with zero attached hydrogens (tertiary/aromatic N) is 2. The molecule has 7 nitrogen and oxygen atoms in total. The molecule has 0 saturated carbocycles. The first-order valence-electron chi connectivity index (χ1n) is 12.8. The molecule has 0 heterocycles. The Hall–Kier alpha value is -3.14. The molecule has 11 heteroatoms. The number of anilines is 1. The smallest absolute Gasteiger partial charge is 0.264 e. The summed E-state index contributed by atoms with van der Waals surface area (Å²) in [5.74, 6) is -1.74. The van der Waals surface area contributed by atoms with Gasteiger partial charge in [0.2, 0.25) is 11.8 Å². The first kappa shape index (κ1) is 31.4. The highest BCUT2D eigenvalue weighted by Gasteiger charge is 2.34. The molecule has 2 amide bonds. The molecule has 0 bridgehead atoms. The van der Waals surface area contributed by atoms with E-state index in [0.29, 0.717) is 17.1 Å². The molecule has 1 N–H and O–H groups in total. The molecular formula is C29H32Cl2FN3O4S. The van der Waals surface area contributed by atoms with Crippen molar-refractivity contribution in [1.29, 1.82) is 0 Å². The first-order chi connectivity index (χ1) is 18.9. The Bertz CT molecular complexity index is 1440. The highest BCUT2D eigenvalue weighted by atomic mass is 35.5. The highest BCUT2D eigenvalue weighted by molar-refractivity contribution is 7.92. The van der Waals surface area contributed by atoms with E-state index in [1.165, 1.54) is 53.4 Å². The number of rotatable bonds is 12. The van der Waals surface area contributed by atoms with Crippen LogP contribution in [-0.2, 0) is 26.2 Å². The maximum absolute atomic E-state index is 15.0. The summed E-state index contributed by atoms with van der Waals surface area (Å²) in [6, 6.07) is 16.6. The summed E-state index contributed by atoms with van der Waals surface area (Å²) >= 11 is 12.5. The summed E-state index contributed by atoms with van der Waals surface area (Å²) in [7, 11) is -4.36. The molecule has 0 fully saturated rings. The van der Waals surface area contributed by atoms with E-state index in [-0.39, 0.29) is 34.5 Å². The van der Waals surface area contributed by atoms with Crippen LogP contribution in [0.3, 0.4) is 0 Å². The van der Waals surface area contributed by atoms with E-state index in [0.717, 1.165) is 10.4 Å². The second-order valence-corrected chi connectivity index (χ2v) is 12.3. The van der Waals surface area contributed by atoms with E-state index in [2.05, 4.69) is 5.32 Å². The van der Waals surface area contributed by atoms with E-state index in [1.54, 1.807) is 25.1 Å². The second kappa shape index (κ2) is 14.0. The molecule has 0 spiro atoms. The van der Waals surface area contributed by atoms with Crippen LogP contribution < -0.4 is 9.62 Å². The lowest BCUT2D eigenvalue weighted by atomic mass is 10.1. The molecule has 0 aromatic heterocycles. The molecule has 1 unspecified atom stereocenters. The SMILES string of the molecule is CCC(C(=O)NCC(C)C)N(Cc1ccc(Cl)cc1Cl)C(=O)CN(c1ccccc1F)S(=O)(=O)c1ccccc1. The van der Waals surface area contributed by atoms with Crippen LogP contribution in [0.1, 0.15) is 32.8 Å². The van der Waals surface area contributed by atoms with Crippen molar-refractivity contribution >= 4 is 50.7 Å². The molecule has 0 aliphatic heterocycles. The fourth-order valence-corrected chi connectivity index (χ4v) is 5.97. The summed E-state index contributed by atoms with van der Waals surface area (Å²) in [6.07, 6.45) is 0.242. The summed E-state index contributed by atoms with van der Waals surface area (Å²) in [4.78, 5) is 28.4. The van der Waals surface area contributed by atoms with Crippen molar-refractivity contribution in [3.63, 3.8) is 0 Å². The molecule has 3 aromatic carbocycles. The Labute approximate surface area is 244 Å². The fraction of sp³-hybridized carbons (Fsp3) is 0.310. The summed E-state index contributed by atoms with van der Waals surface area (Å²) in [5.41, 5.74) is 0.222. The molecule has 3 aromatic rings. The van der Waals surface area contributed by atoms with Crippen LogP contribution >= 0.6 is 23.2 Å². The summed E-state index contributed by atoms with van der Waals surface area (Å²) < 4.78 is 43.1. The van der Waals surface area contributed by atoms with Crippen LogP contribution in [0.5, 0.6) is 0 Å². The van der Waals surface area contributed by atoms with Crippen LogP contribution in [0, 0.1) is 11.7 Å². The normalized spacial score (nSPS) is 12.2. The van der Waals surface area contributed by atoms with Crippen LogP contribution in [0.15, 0.2) is 77.7 Å². The Morgan fingerprint density at radius 3 is 2.23 bits per heavy atom. The zero-order chi connectivity index (χ0) is 29.4. The van der Waals surface area contributed by atoms with Gasteiger partial charge >= 0.3 is 0 Å². The quantitative estimate of drug-likeness (QED) is 0.277. The van der Waals surface area contributed by atoms with Gasteiger partial charge < -0.3 is 10.2 Å². The Morgan fingerprint density at radius 1 is 0.975 bits per heavy atom. The lowest BCUT2D eigenvalue weighted by Gasteiger charge is -2.33. The maximum Gasteiger partial charge on any atom is 0.264 e. The molecule has 1 atom stereocenters. The van der Waals surface area contributed by atoms with Crippen molar-refractivity contribution in [2.75, 3.05) is 17.4 Å². The predicted octanol–water partition coefficient (Wildman–Crippen LogP) is 5.91. The average Bonchev–Trinajstić information content (AvgIpc) is 2.92. The van der Waals surface area contributed by atoms with E-state index in [1.807, 2.05) is 13.8 Å². The van der Waals surface area contributed by atoms with Gasteiger partial charge in [0.1, 0.15) is 18.4 Å². The number of carbonyl (C=O) groups is 2. The first-order valence-corrected chi connectivity index (χ1v) is 15.0. The number of carbonyl (C=O) groups excluding carboxylic acids is 2. The molecule has 40 heavy (non-hydrogen) atoms. The van der Waals surface area contributed by atoms with Crippen molar-refractivity contribution in [2.24, 2.45) is 5.92 Å². The lowest BCUT2D eigenvalue weighted by Crippen LogP contribution is -2.52. The molecule has 0 radical (unpaired) electrons. The van der Waals surface area contributed by atoms with E-state index < -0.39 is 40.2 Å². The van der Waals surface area contributed by atoms with Gasteiger partial charge in [0, 0.05) is 23.1 Å². The van der Waals surface area contributed by atoms with Crippen LogP contribution in [0.25, 0.3) is 0 Å². The van der Waals surface area contributed by atoms with Crippen molar-refractivity contribution in [2.45, 2.75) is 44.7 Å². The minimum absolute atomic E-state index is 0.0983. The summed E-state index contributed by atoms with van der Waals surface area (Å²) in [6.45, 7) is 5.18. The van der Waals surface area contributed by atoms with Crippen LogP contribution in [-0.4, -0.2) is 44.3 Å². The van der Waals surface area contributed by atoms with Crippen LogP contribution in [0.2, 0.25) is 10.0 Å². The Balaban J connectivity index is 2.07. The Kier molecular flexibility index (Phi) is 11.0. The van der Waals surface area contributed by atoms with Gasteiger partial charge in [-0.05, 0) is 54.3 Å². The van der Waals surface area contributed by atoms with Gasteiger partial charge in [0.15, 0.2) is 0 Å². The lowest BCUT2D eigenvalue weighted by molar-refractivity contribution is -0.140. The van der Waals surface area contributed by atoms with Crippen molar-refractivity contribution in [3.05, 3.63) is 94.2 Å². The number of hydrogen-bond donors (Lipinski definition) is 1. The summed E-state index contributed by atoms with van der Waals surface area (Å²) in [5, 5.41) is 3.53. The van der Waals surface area contributed by atoms with Crippen molar-refractivity contribution in [1.82, 2.24) is 10.2 Å². The Morgan fingerprint density at radius 2 is 1.62 bits per heavy atom. The minimum Gasteiger partial charge on any atom is -0.354 e. The molecular weight excluding hydrogens is 576 g/mol.